The van der Waals surface area contributed by atoms with Crippen molar-refractivity contribution in [3.63, 3.8) is 0 Å². The number of nitriles is 2. The Morgan fingerprint density at radius 1 is 1.25 bits per heavy atom. The van der Waals surface area contributed by atoms with Crippen LogP contribution in [0.15, 0.2) is 40.6 Å². The molecular weight excluding hydrogens is 314 g/mol. The van der Waals surface area contributed by atoms with Gasteiger partial charge in [-0.1, -0.05) is 19.4 Å². The molecule has 1 aromatic rings. The lowest BCUT2D eigenvalue weighted by molar-refractivity contribution is 0.613. The van der Waals surface area contributed by atoms with Gasteiger partial charge in [0.25, 0.3) is 0 Å². The smallest absolute Gasteiger partial charge is 0.102 e. The first kappa shape index (κ1) is 16.6. The second kappa shape index (κ2) is 7.07. The van der Waals surface area contributed by atoms with Gasteiger partial charge in [0, 0.05) is 15.7 Å². The average molecular weight is 335 g/mol. The van der Waals surface area contributed by atoms with Gasteiger partial charge in [0.1, 0.15) is 12.1 Å². The Bertz CT molecular complexity index is 824. The molecule has 0 aliphatic heterocycles. The molecule has 1 heterocycles. The third-order valence-electron chi connectivity index (χ3n) is 4.81. The lowest BCUT2D eigenvalue weighted by Crippen LogP contribution is -2.22. The van der Waals surface area contributed by atoms with Crippen LogP contribution in [0.4, 0.5) is 0 Å². The van der Waals surface area contributed by atoms with E-state index in [1.165, 1.54) is 17.7 Å². The number of hydrogen-bond donors (Lipinski definition) is 1. The molecule has 1 aromatic heterocycles. The van der Waals surface area contributed by atoms with Crippen molar-refractivity contribution in [3.05, 3.63) is 50.4 Å². The third-order valence-corrected chi connectivity index (χ3v) is 5.99. The summed E-state index contributed by atoms with van der Waals surface area (Å²) in [4.78, 5) is 2.49. The van der Waals surface area contributed by atoms with Gasteiger partial charge in [0.2, 0.25) is 0 Å². The monoisotopic (exact) mass is 335 g/mol. The number of thiophene rings is 1. The van der Waals surface area contributed by atoms with Gasteiger partial charge in [-0.25, -0.2) is 0 Å². The number of unbranched alkanes of at least 4 members (excludes halogenated alkanes) is 1. The molecule has 0 aromatic carbocycles. The highest BCUT2D eigenvalue weighted by atomic mass is 32.1. The Kier molecular flexibility index (Phi) is 4.88. The minimum absolute atomic E-state index is 0.132. The van der Waals surface area contributed by atoms with Crippen molar-refractivity contribution in [1.82, 2.24) is 0 Å². The first-order valence-corrected chi connectivity index (χ1v) is 9.36. The predicted molar refractivity (Wildman–Crippen MR) is 97.7 cm³/mol. The molecule has 0 fully saturated rings. The lowest BCUT2D eigenvalue weighted by Gasteiger charge is -2.31. The molecule has 0 saturated carbocycles. The van der Waals surface area contributed by atoms with E-state index in [4.69, 9.17) is 5.73 Å². The fourth-order valence-electron chi connectivity index (χ4n) is 3.60. The topological polar surface area (TPSA) is 73.6 Å². The van der Waals surface area contributed by atoms with Gasteiger partial charge in [-0.05, 0) is 55.4 Å². The fraction of sp³-hybridized carbons (Fsp3) is 0.400. The summed E-state index contributed by atoms with van der Waals surface area (Å²) in [6.07, 6.45) is 8.62. The highest BCUT2D eigenvalue weighted by Crippen LogP contribution is 2.47. The zero-order valence-electron chi connectivity index (χ0n) is 13.9. The van der Waals surface area contributed by atoms with E-state index in [9.17, 15) is 10.5 Å². The molecule has 2 N–H and O–H groups in total. The molecule has 3 nitrogen and oxygen atoms in total. The molecule has 3 rings (SSSR count). The van der Waals surface area contributed by atoms with Crippen LogP contribution in [0.25, 0.3) is 5.57 Å². The predicted octanol–water partition coefficient (Wildman–Crippen LogP) is 4.84. The van der Waals surface area contributed by atoms with E-state index in [1.54, 1.807) is 11.3 Å². The van der Waals surface area contributed by atoms with Crippen LogP contribution in [-0.2, 0) is 6.42 Å². The number of nitrogens with zero attached hydrogens (tertiary/aromatic N) is 2. The maximum absolute atomic E-state index is 9.70. The zero-order valence-corrected chi connectivity index (χ0v) is 14.7. The minimum atomic E-state index is 0.132. The Morgan fingerprint density at radius 2 is 2.04 bits per heavy atom. The lowest BCUT2D eigenvalue weighted by atomic mass is 9.72. The highest BCUT2D eigenvalue weighted by molar-refractivity contribution is 7.13. The molecule has 24 heavy (non-hydrogen) atoms. The van der Waals surface area contributed by atoms with Crippen LogP contribution in [0.1, 0.15) is 48.8 Å². The largest absolute Gasteiger partial charge is 0.397 e. The van der Waals surface area contributed by atoms with Crippen molar-refractivity contribution in [2.24, 2.45) is 11.7 Å². The first-order chi connectivity index (χ1) is 11.7. The maximum atomic E-state index is 9.70. The zero-order chi connectivity index (χ0) is 17.1. The van der Waals surface area contributed by atoms with Crippen molar-refractivity contribution in [3.8, 4) is 12.1 Å². The number of allylic oxidation sites excluding steroid dienone is 5. The summed E-state index contributed by atoms with van der Waals surface area (Å²) >= 11 is 1.77. The van der Waals surface area contributed by atoms with Crippen LogP contribution in [0, 0.1) is 28.6 Å². The summed E-state index contributed by atoms with van der Waals surface area (Å²) in [5.74, 6) is 0.132. The van der Waals surface area contributed by atoms with Crippen molar-refractivity contribution in [1.29, 1.82) is 10.5 Å². The van der Waals surface area contributed by atoms with E-state index in [1.807, 2.05) is 0 Å². The second-order valence-corrected chi connectivity index (χ2v) is 7.48. The molecule has 0 amide bonds. The van der Waals surface area contributed by atoms with E-state index in [0.717, 1.165) is 41.7 Å². The van der Waals surface area contributed by atoms with Gasteiger partial charge in [-0.15, -0.1) is 11.3 Å². The van der Waals surface area contributed by atoms with E-state index in [-0.39, 0.29) is 5.92 Å². The summed E-state index contributed by atoms with van der Waals surface area (Å²) in [6, 6.07) is 8.80. The molecule has 122 valence electrons. The Hall–Kier alpha value is -2.30. The second-order valence-electron chi connectivity index (χ2n) is 6.31. The summed E-state index contributed by atoms with van der Waals surface area (Å²) < 4.78 is 0. The highest BCUT2D eigenvalue weighted by Gasteiger charge is 2.34. The summed E-state index contributed by atoms with van der Waals surface area (Å²) in [5, 5.41) is 19.2. The standard InChI is InChI=1S/C20H21N3S/c1-2-3-6-13-9-10-18(24-13)19-15-8-5-4-7-14(15)16(11-21)20(23)17(19)12-22/h7,9-10,15H,2-6,8,23H2,1H3/t15-/m1/s1. The maximum Gasteiger partial charge on any atom is 0.102 e. The molecule has 2 aliphatic carbocycles. The molecule has 0 bridgehead atoms. The van der Waals surface area contributed by atoms with Gasteiger partial charge in [-0.3, -0.25) is 0 Å². The number of nitrogens with two attached hydrogens (primary N) is 1. The van der Waals surface area contributed by atoms with Crippen LogP contribution in [0.3, 0.4) is 0 Å². The van der Waals surface area contributed by atoms with Crippen molar-refractivity contribution >= 4 is 16.9 Å². The van der Waals surface area contributed by atoms with Gasteiger partial charge in [0.15, 0.2) is 0 Å². The Labute approximate surface area is 147 Å². The van der Waals surface area contributed by atoms with E-state index in [2.05, 4.69) is 37.3 Å². The Balaban J connectivity index is 2.12. The number of aryl methyl sites for hydroxylation is 1. The molecule has 2 aliphatic rings. The fourth-order valence-corrected chi connectivity index (χ4v) is 4.76. The Morgan fingerprint density at radius 3 is 2.75 bits per heavy atom. The van der Waals surface area contributed by atoms with Gasteiger partial charge in [-0.2, -0.15) is 10.5 Å². The minimum Gasteiger partial charge on any atom is -0.397 e. The normalized spacial score (nSPS) is 20.3. The van der Waals surface area contributed by atoms with Gasteiger partial charge in [0.05, 0.1) is 16.8 Å². The third kappa shape index (κ3) is 2.79. The number of rotatable bonds is 4. The molecule has 0 radical (unpaired) electrons. The SMILES string of the molecule is CCCCc1ccc(C2=C(C#N)C(N)=C(C#N)C3=CCCC[C@H]32)s1. The molecule has 1 atom stereocenters. The molecule has 0 saturated heterocycles. The quantitative estimate of drug-likeness (QED) is 0.855. The first-order valence-electron chi connectivity index (χ1n) is 8.55. The average Bonchev–Trinajstić information content (AvgIpc) is 3.07. The molecule has 0 unspecified atom stereocenters. The van der Waals surface area contributed by atoms with Crippen molar-refractivity contribution in [2.75, 3.05) is 0 Å². The van der Waals surface area contributed by atoms with Crippen LogP contribution in [0.5, 0.6) is 0 Å². The van der Waals surface area contributed by atoms with E-state index in [0.29, 0.717) is 16.8 Å². The van der Waals surface area contributed by atoms with Crippen LogP contribution in [-0.4, -0.2) is 0 Å². The molecular formula is C20H21N3S. The van der Waals surface area contributed by atoms with E-state index >= 15 is 0 Å². The van der Waals surface area contributed by atoms with E-state index < -0.39 is 0 Å². The summed E-state index contributed by atoms with van der Waals surface area (Å²) in [6.45, 7) is 2.19. The summed E-state index contributed by atoms with van der Waals surface area (Å²) in [5.41, 5.74) is 9.62. The van der Waals surface area contributed by atoms with Gasteiger partial charge < -0.3 is 5.73 Å². The van der Waals surface area contributed by atoms with Gasteiger partial charge >= 0.3 is 0 Å². The summed E-state index contributed by atoms with van der Waals surface area (Å²) in [7, 11) is 0. The molecule has 4 heteroatoms. The number of hydrogen-bond acceptors (Lipinski definition) is 4. The van der Waals surface area contributed by atoms with Crippen molar-refractivity contribution in [2.45, 2.75) is 45.4 Å². The van der Waals surface area contributed by atoms with Crippen LogP contribution in [0.2, 0.25) is 0 Å². The molecule has 0 spiro atoms. The number of fused-ring (bicyclic) bond motifs is 1. The van der Waals surface area contributed by atoms with Crippen LogP contribution < -0.4 is 5.73 Å². The van der Waals surface area contributed by atoms with Crippen LogP contribution >= 0.6 is 11.3 Å². The van der Waals surface area contributed by atoms with Crippen molar-refractivity contribution < 1.29 is 0 Å².